The predicted octanol–water partition coefficient (Wildman–Crippen LogP) is 7.42. The van der Waals surface area contributed by atoms with Crippen molar-refractivity contribution in [1.29, 1.82) is 0 Å². The molecule has 2 aliphatic carbocycles. The van der Waals surface area contributed by atoms with E-state index in [2.05, 4.69) is 11.9 Å². The molecule has 2 N–H and O–H groups in total. The Bertz CT molecular complexity index is 1200. The third-order valence-electron chi connectivity index (χ3n) is 7.84. The number of benzene rings is 2. The average Bonchev–Trinajstić information content (AvgIpc) is 3.47. The van der Waals surface area contributed by atoms with E-state index >= 15 is 0 Å². The maximum atomic E-state index is 13.6. The smallest absolute Gasteiger partial charge is 0.392 e. The third kappa shape index (κ3) is 7.74. The van der Waals surface area contributed by atoms with Crippen LogP contribution in [0.3, 0.4) is 0 Å². The van der Waals surface area contributed by atoms with Gasteiger partial charge in [-0.3, -0.25) is 9.59 Å². The minimum Gasteiger partial charge on any atom is -0.512 e. The van der Waals surface area contributed by atoms with Crippen LogP contribution in [0.4, 0.5) is 18.9 Å². The van der Waals surface area contributed by atoms with E-state index in [9.17, 15) is 27.9 Å². The maximum absolute atomic E-state index is 13.6. The second kappa shape index (κ2) is 12.1. The van der Waals surface area contributed by atoms with Crippen molar-refractivity contribution < 1.29 is 27.9 Å². The molecule has 2 aromatic rings. The number of carbonyl (C=O) groups excluding carboxylic acids is 2. The van der Waals surface area contributed by atoms with E-state index in [0.717, 1.165) is 72.4 Å². The average molecular weight is 541 g/mol. The molecule has 0 spiro atoms. The highest BCUT2D eigenvalue weighted by atomic mass is 19.4. The van der Waals surface area contributed by atoms with Crippen molar-refractivity contribution in [3.8, 4) is 0 Å². The van der Waals surface area contributed by atoms with Crippen molar-refractivity contribution in [2.45, 2.75) is 70.0 Å². The molecule has 2 amide bonds. The highest BCUT2D eigenvalue weighted by Crippen LogP contribution is 2.52. The number of aliphatic hydroxyl groups is 1. The number of nitrogens with one attached hydrogen (secondary N) is 1. The molecule has 1 atom stereocenters. The van der Waals surface area contributed by atoms with Crippen LogP contribution in [-0.2, 0) is 22.6 Å². The van der Waals surface area contributed by atoms with Crippen LogP contribution in [0.15, 0.2) is 73.1 Å². The van der Waals surface area contributed by atoms with Crippen LogP contribution in [0, 0.1) is 11.3 Å². The highest BCUT2D eigenvalue weighted by molar-refractivity contribution is 5.96. The number of hydrogen-bond donors (Lipinski definition) is 2. The van der Waals surface area contributed by atoms with Gasteiger partial charge in [0.1, 0.15) is 0 Å². The van der Waals surface area contributed by atoms with Gasteiger partial charge >= 0.3 is 6.18 Å². The number of anilines is 1. The molecular weight excluding hydrogens is 505 g/mol. The molecule has 0 heterocycles. The van der Waals surface area contributed by atoms with Crippen LogP contribution in [0.2, 0.25) is 0 Å². The number of rotatable bonds is 12. The predicted molar refractivity (Wildman–Crippen MR) is 145 cm³/mol. The Kier molecular flexibility index (Phi) is 8.83. The molecule has 0 aliphatic heterocycles. The summed E-state index contributed by atoms with van der Waals surface area (Å²) in [5.74, 6) is 0.00805. The Balaban J connectivity index is 1.45. The molecule has 208 valence electrons. The molecule has 1 unspecified atom stereocenters. The SMILES string of the molecule is C=C(O)C1(Cc2cccc(NC(=O)C(c3ccc(CN(C=O)/C=C\CC(F)(F)F)cc3)C3CCCC3)c2)CC1. The summed E-state index contributed by atoms with van der Waals surface area (Å²) in [5.41, 5.74) is 3.12. The Hall–Kier alpha value is -3.55. The van der Waals surface area contributed by atoms with Gasteiger partial charge in [0.15, 0.2) is 0 Å². The molecule has 0 aromatic heterocycles. The second-order valence-electron chi connectivity index (χ2n) is 10.8. The van der Waals surface area contributed by atoms with Crippen LogP contribution < -0.4 is 5.32 Å². The maximum Gasteiger partial charge on any atom is 0.392 e. The third-order valence-corrected chi connectivity index (χ3v) is 7.84. The van der Waals surface area contributed by atoms with Gasteiger partial charge in [-0.05, 0) is 66.8 Å². The van der Waals surface area contributed by atoms with Gasteiger partial charge in [0, 0.05) is 23.8 Å². The zero-order valence-corrected chi connectivity index (χ0v) is 21.9. The normalized spacial score (nSPS) is 17.6. The number of halogens is 3. The summed E-state index contributed by atoms with van der Waals surface area (Å²) < 4.78 is 37.2. The molecule has 0 saturated heterocycles. The van der Waals surface area contributed by atoms with Crippen molar-refractivity contribution in [2.24, 2.45) is 11.3 Å². The van der Waals surface area contributed by atoms with Gasteiger partial charge in [0.05, 0.1) is 18.1 Å². The summed E-state index contributed by atoms with van der Waals surface area (Å²) in [6, 6.07) is 15.1. The molecule has 2 aromatic carbocycles. The fourth-order valence-electron chi connectivity index (χ4n) is 5.50. The minimum absolute atomic E-state index is 0.0795. The summed E-state index contributed by atoms with van der Waals surface area (Å²) in [4.78, 5) is 26.1. The highest BCUT2D eigenvalue weighted by Gasteiger charge is 2.45. The van der Waals surface area contributed by atoms with E-state index in [4.69, 9.17) is 0 Å². The monoisotopic (exact) mass is 540 g/mol. The number of alkyl halides is 3. The zero-order chi connectivity index (χ0) is 28.0. The van der Waals surface area contributed by atoms with Gasteiger partial charge in [-0.25, -0.2) is 0 Å². The van der Waals surface area contributed by atoms with E-state index in [0.29, 0.717) is 18.5 Å². The number of carbonyl (C=O) groups is 2. The van der Waals surface area contributed by atoms with Crippen molar-refractivity contribution in [3.63, 3.8) is 0 Å². The fourth-order valence-corrected chi connectivity index (χ4v) is 5.50. The number of allylic oxidation sites excluding steroid dienone is 2. The molecule has 0 radical (unpaired) electrons. The summed E-state index contributed by atoms with van der Waals surface area (Å²) in [7, 11) is 0. The van der Waals surface area contributed by atoms with Gasteiger partial charge < -0.3 is 15.3 Å². The molecule has 2 aliphatic rings. The van der Waals surface area contributed by atoms with E-state index < -0.39 is 12.6 Å². The van der Waals surface area contributed by atoms with Gasteiger partial charge in [0.2, 0.25) is 12.3 Å². The largest absolute Gasteiger partial charge is 0.512 e. The number of nitrogens with zero attached hydrogens (tertiary/aromatic N) is 1. The lowest BCUT2D eigenvalue weighted by molar-refractivity contribution is -0.125. The molecular formula is C31H35F3N2O3. The van der Waals surface area contributed by atoms with Gasteiger partial charge in [-0.1, -0.05) is 61.9 Å². The van der Waals surface area contributed by atoms with Crippen molar-refractivity contribution >= 4 is 18.0 Å². The fraction of sp³-hybridized carbons (Fsp3) is 0.419. The van der Waals surface area contributed by atoms with E-state index in [-0.39, 0.29) is 35.5 Å². The lowest BCUT2D eigenvalue weighted by Crippen LogP contribution is -2.26. The molecule has 39 heavy (non-hydrogen) atoms. The van der Waals surface area contributed by atoms with Crippen LogP contribution in [0.1, 0.15) is 67.6 Å². The van der Waals surface area contributed by atoms with Crippen LogP contribution in [0.25, 0.3) is 0 Å². The van der Waals surface area contributed by atoms with Crippen LogP contribution in [-0.4, -0.2) is 28.5 Å². The lowest BCUT2D eigenvalue weighted by Gasteiger charge is -2.24. The van der Waals surface area contributed by atoms with Gasteiger partial charge in [0.25, 0.3) is 0 Å². The van der Waals surface area contributed by atoms with Crippen molar-refractivity contribution in [2.75, 3.05) is 5.32 Å². The zero-order valence-electron chi connectivity index (χ0n) is 21.9. The van der Waals surface area contributed by atoms with Gasteiger partial charge in [-0.15, -0.1) is 0 Å². The summed E-state index contributed by atoms with van der Waals surface area (Å²) in [6.45, 7) is 3.86. The Morgan fingerprint density at radius 1 is 1.13 bits per heavy atom. The number of hydrogen-bond acceptors (Lipinski definition) is 3. The standard InChI is InChI=1S/C31H35F3N2O3/c1-22(38)30(15-16-30)19-24-6-4-9-27(18-24)35-29(39)28(25-7-2-3-8-25)26-12-10-23(11-13-26)20-36(21-37)17-5-14-31(32,33)34/h4-6,9-13,17-18,21,25,28,38H,1-3,7-8,14-16,19-20H2,(H,35,39)/b17-5-. The molecule has 5 nitrogen and oxygen atoms in total. The molecule has 0 bridgehead atoms. The number of aliphatic hydroxyl groups excluding tert-OH is 1. The Morgan fingerprint density at radius 2 is 1.82 bits per heavy atom. The first-order chi connectivity index (χ1) is 18.6. The summed E-state index contributed by atoms with van der Waals surface area (Å²) in [5, 5.41) is 13.1. The summed E-state index contributed by atoms with van der Waals surface area (Å²) >= 11 is 0. The van der Waals surface area contributed by atoms with Crippen LogP contribution >= 0.6 is 0 Å². The molecule has 4 rings (SSSR count). The Labute approximate surface area is 227 Å². The first-order valence-electron chi connectivity index (χ1n) is 13.4. The van der Waals surface area contributed by atoms with Crippen LogP contribution in [0.5, 0.6) is 0 Å². The second-order valence-corrected chi connectivity index (χ2v) is 10.8. The first-order valence-corrected chi connectivity index (χ1v) is 13.4. The van der Waals surface area contributed by atoms with Crippen molar-refractivity contribution in [3.05, 3.63) is 89.8 Å². The Morgan fingerprint density at radius 3 is 2.41 bits per heavy atom. The lowest BCUT2D eigenvalue weighted by atomic mass is 9.83. The molecule has 2 saturated carbocycles. The van der Waals surface area contributed by atoms with Crippen molar-refractivity contribution in [1.82, 2.24) is 4.90 Å². The molecule has 8 heteroatoms. The summed E-state index contributed by atoms with van der Waals surface area (Å²) in [6.07, 6.45) is 3.71. The number of amides is 2. The first kappa shape index (κ1) is 28.5. The molecule has 2 fully saturated rings. The minimum atomic E-state index is -4.32. The van der Waals surface area contributed by atoms with E-state index in [1.165, 1.54) is 0 Å². The topological polar surface area (TPSA) is 69.6 Å². The van der Waals surface area contributed by atoms with Gasteiger partial charge in [-0.2, -0.15) is 13.2 Å². The van der Waals surface area contributed by atoms with E-state index in [1.807, 2.05) is 48.5 Å². The quantitative estimate of drug-likeness (QED) is 0.217. The van der Waals surface area contributed by atoms with E-state index in [1.54, 1.807) is 0 Å².